The minimum absolute atomic E-state index is 0.249. The summed E-state index contributed by atoms with van der Waals surface area (Å²) in [5.41, 5.74) is 4.14. The summed E-state index contributed by atoms with van der Waals surface area (Å²) in [5, 5.41) is 2.51. The largest absolute Gasteiger partial charge is 0.300 e. The van der Waals surface area contributed by atoms with Gasteiger partial charge in [-0.1, -0.05) is 0 Å². The van der Waals surface area contributed by atoms with E-state index in [2.05, 4.69) is 10.4 Å². The van der Waals surface area contributed by atoms with E-state index in [0.717, 1.165) is 11.3 Å². The molecule has 2 aromatic rings. The number of nitrogen functional groups attached to an aromatic ring is 1. The van der Waals surface area contributed by atoms with Gasteiger partial charge in [-0.3, -0.25) is 5.43 Å². The molecule has 14 heavy (non-hydrogen) atoms. The molecule has 0 radical (unpaired) electrons. The van der Waals surface area contributed by atoms with Crippen molar-refractivity contribution in [2.45, 2.75) is 0 Å². The number of hydrazine groups is 1. The van der Waals surface area contributed by atoms with E-state index in [1.807, 2.05) is 5.38 Å². The van der Waals surface area contributed by atoms with Crippen molar-refractivity contribution in [2.75, 3.05) is 5.43 Å². The van der Waals surface area contributed by atoms with Crippen molar-refractivity contribution in [3.05, 3.63) is 35.5 Å². The van der Waals surface area contributed by atoms with Crippen LogP contribution >= 0.6 is 11.3 Å². The van der Waals surface area contributed by atoms with E-state index in [-0.39, 0.29) is 5.82 Å². The van der Waals surface area contributed by atoms with Crippen molar-refractivity contribution in [2.24, 2.45) is 5.84 Å². The van der Waals surface area contributed by atoms with E-state index in [9.17, 15) is 4.39 Å². The number of hydrogen-bond donors (Lipinski definition) is 2. The maximum Gasteiger partial charge on any atom is 0.197 e. The Morgan fingerprint density at radius 1 is 1.29 bits per heavy atom. The molecule has 1 heterocycles. The highest BCUT2D eigenvalue weighted by Gasteiger charge is 2.02. The fourth-order valence-electron chi connectivity index (χ4n) is 1.09. The number of nitrogens with zero attached hydrogens (tertiary/aromatic N) is 1. The lowest BCUT2D eigenvalue weighted by Gasteiger charge is -1.95. The van der Waals surface area contributed by atoms with Crippen LogP contribution in [0.3, 0.4) is 0 Å². The Bertz CT molecular complexity index is 424. The summed E-state index contributed by atoms with van der Waals surface area (Å²) in [4.78, 5) is 4.19. The van der Waals surface area contributed by atoms with E-state index >= 15 is 0 Å². The summed E-state index contributed by atoms with van der Waals surface area (Å²) < 4.78 is 12.6. The molecule has 0 unspecified atom stereocenters. The van der Waals surface area contributed by atoms with Gasteiger partial charge in [-0.25, -0.2) is 15.2 Å². The maximum atomic E-state index is 12.6. The van der Waals surface area contributed by atoms with Gasteiger partial charge < -0.3 is 0 Å². The molecular formula is C9H8FN3S. The molecule has 0 aliphatic carbocycles. The molecule has 0 spiro atoms. The molecule has 3 nitrogen and oxygen atoms in total. The zero-order chi connectivity index (χ0) is 9.97. The second-order valence-electron chi connectivity index (χ2n) is 2.69. The summed E-state index contributed by atoms with van der Waals surface area (Å²) in [6, 6.07) is 6.18. The lowest BCUT2D eigenvalue weighted by atomic mass is 10.2. The minimum Gasteiger partial charge on any atom is -0.300 e. The van der Waals surface area contributed by atoms with Crippen molar-refractivity contribution >= 4 is 16.5 Å². The van der Waals surface area contributed by atoms with Crippen LogP contribution in [-0.2, 0) is 0 Å². The van der Waals surface area contributed by atoms with Gasteiger partial charge in [-0.2, -0.15) is 0 Å². The average Bonchev–Trinajstić information content (AvgIpc) is 2.67. The molecule has 3 N–H and O–H groups in total. The smallest absolute Gasteiger partial charge is 0.197 e. The lowest BCUT2D eigenvalue weighted by Crippen LogP contribution is -2.05. The number of nitrogens with two attached hydrogens (primary N) is 1. The Morgan fingerprint density at radius 2 is 2.00 bits per heavy atom. The summed E-state index contributed by atoms with van der Waals surface area (Å²) in [5.74, 6) is 4.95. The summed E-state index contributed by atoms with van der Waals surface area (Å²) in [6.07, 6.45) is 0. The molecule has 5 heteroatoms. The molecule has 0 atom stereocenters. The molecule has 72 valence electrons. The summed E-state index contributed by atoms with van der Waals surface area (Å²) >= 11 is 1.41. The quantitative estimate of drug-likeness (QED) is 0.589. The number of nitrogens with one attached hydrogen (secondary N) is 1. The Kier molecular flexibility index (Phi) is 2.43. The maximum absolute atomic E-state index is 12.6. The predicted octanol–water partition coefficient (Wildman–Crippen LogP) is 2.23. The van der Waals surface area contributed by atoms with Crippen molar-refractivity contribution < 1.29 is 4.39 Å². The van der Waals surface area contributed by atoms with E-state index in [1.54, 1.807) is 12.1 Å². The van der Waals surface area contributed by atoms with E-state index in [1.165, 1.54) is 23.5 Å². The van der Waals surface area contributed by atoms with Crippen molar-refractivity contribution in [3.63, 3.8) is 0 Å². The van der Waals surface area contributed by atoms with Gasteiger partial charge in [0.1, 0.15) is 5.82 Å². The molecule has 0 fully saturated rings. The van der Waals surface area contributed by atoms with Crippen LogP contribution < -0.4 is 11.3 Å². The third-order valence-corrected chi connectivity index (χ3v) is 2.54. The highest BCUT2D eigenvalue weighted by molar-refractivity contribution is 7.14. The topological polar surface area (TPSA) is 50.9 Å². The van der Waals surface area contributed by atoms with Gasteiger partial charge in [-0.05, 0) is 24.3 Å². The average molecular weight is 209 g/mol. The fraction of sp³-hybridized carbons (Fsp3) is 0. The first-order chi connectivity index (χ1) is 6.79. The van der Waals surface area contributed by atoms with Crippen LogP contribution in [0.4, 0.5) is 9.52 Å². The van der Waals surface area contributed by atoms with Crippen LogP contribution in [0.2, 0.25) is 0 Å². The van der Waals surface area contributed by atoms with Crippen molar-refractivity contribution in [1.82, 2.24) is 4.98 Å². The van der Waals surface area contributed by atoms with Crippen LogP contribution in [0.25, 0.3) is 11.3 Å². The van der Waals surface area contributed by atoms with Gasteiger partial charge in [0.25, 0.3) is 0 Å². The van der Waals surface area contributed by atoms with Crippen molar-refractivity contribution in [3.8, 4) is 11.3 Å². The van der Waals surface area contributed by atoms with Gasteiger partial charge in [0.2, 0.25) is 0 Å². The SMILES string of the molecule is NNc1nc(-c2ccc(F)cc2)cs1. The fourth-order valence-corrected chi connectivity index (χ4v) is 1.72. The molecule has 1 aromatic carbocycles. The molecule has 0 saturated carbocycles. The van der Waals surface area contributed by atoms with E-state index in [0.29, 0.717) is 5.13 Å². The molecule has 0 saturated heterocycles. The Labute approximate surface area is 84.4 Å². The van der Waals surface area contributed by atoms with Gasteiger partial charge >= 0.3 is 0 Å². The van der Waals surface area contributed by atoms with Crippen LogP contribution in [0.1, 0.15) is 0 Å². The number of anilines is 1. The van der Waals surface area contributed by atoms with E-state index in [4.69, 9.17) is 5.84 Å². The summed E-state index contributed by atoms with van der Waals surface area (Å²) in [6.45, 7) is 0. The first-order valence-corrected chi connectivity index (χ1v) is 4.85. The standard InChI is InChI=1S/C9H8FN3S/c10-7-3-1-6(2-4-7)8-5-14-9(12-8)13-11/h1-5H,11H2,(H,12,13). The molecular weight excluding hydrogens is 201 g/mol. The third kappa shape index (κ3) is 1.73. The number of hydrogen-bond acceptors (Lipinski definition) is 4. The van der Waals surface area contributed by atoms with Gasteiger partial charge in [-0.15, -0.1) is 11.3 Å². The number of halogens is 1. The van der Waals surface area contributed by atoms with Crippen LogP contribution in [0, 0.1) is 5.82 Å². The van der Waals surface area contributed by atoms with Crippen molar-refractivity contribution in [1.29, 1.82) is 0 Å². The van der Waals surface area contributed by atoms with Crippen LogP contribution in [-0.4, -0.2) is 4.98 Å². The van der Waals surface area contributed by atoms with Gasteiger partial charge in [0, 0.05) is 10.9 Å². The number of rotatable bonds is 2. The summed E-state index contributed by atoms with van der Waals surface area (Å²) in [7, 11) is 0. The molecule has 2 rings (SSSR count). The highest BCUT2D eigenvalue weighted by Crippen LogP contribution is 2.24. The Morgan fingerprint density at radius 3 is 2.57 bits per heavy atom. The molecule has 0 amide bonds. The first-order valence-electron chi connectivity index (χ1n) is 3.97. The van der Waals surface area contributed by atoms with Crippen LogP contribution in [0.15, 0.2) is 29.6 Å². The highest BCUT2D eigenvalue weighted by atomic mass is 32.1. The number of benzene rings is 1. The predicted molar refractivity (Wildman–Crippen MR) is 55.3 cm³/mol. The van der Waals surface area contributed by atoms with Gasteiger partial charge in [0.05, 0.1) is 5.69 Å². The Balaban J connectivity index is 2.34. The Hall–Kier alpha value is -1.46. The zero-order valence-electron chi connectivity index (χ0n) is 7.20. The molecule has 1 aromatic heterocycles. The normalized spacial score (nSPS) is 10.1. The minimum atomic E-state index is -0.249. The van der Waals surface area contributed by atoms with Gasteiger partial charge in [0.15, 0.2) is 5.13 Å². The second kappa shape index (κ2) is 3.73. The second-order valence-corrected chi connectivity index (χ2v) is 3.55. The van der Waals surface area contributed by atoms with Crippen LogP contribution in [0.5, 0.6) is 0 Å². The number of aromatic nitrogens is 1. The lowest BCUT2D eigenvalue weighted by molar-refractivity contribution is 0.628. The molecule has 0 aliphatic heterocycles. The number of thiazole rings is 1. The first kappa shape index (κ1) is 9.11. The monoisotopic (exact) mass is 209 g/mol. The third-order valence-electron chi connectivity index (χ3n) is 1.77. The molecule has 0 bridgehead atoms. The van der Waals surface area contributed by atoms with E-state index < -0.39 is 0 Å². The zero-order valence-corrected chi connectivity index (χ0v) is 8.01. The molecule has 0 aliphatic rings.